The Labute approximate surface area is 209 Å². The van der Waals surface area contributed by atoms with Gasteiger partial charge in [-0.05, 0) is 59.2 Å². The number of carbonyl (C=O) groups is 2. The van der Waals surface area contributed by atoms with E-state index in [0.29, 0.717) is 23.7 Å². The molecule has 0 saturated heterocycles. The summed E-state index contributed by atoms with van der Waals surface area (Å²) in [5, 5.41) is 4.03. The summed E-state index contributed by atoms with van der Waals surface area (Å²) in [7, 11) is 0. The average molecular weight is 477 g/mol. The number of hydrogen-bond acceptors (Lipinski definition) is 5. The first-order valence-corrected chi connectivity index (χ1v) is 11.3. The van der Waals surface area contributed by atoms with Gasteiger partial charge in [-0.15, -0.1) is 0 Å². The smallest absolute Gasteiger partial charge is 0.336 e. The van der Waals surface area contributed by atoms with E-state index in [1.165, 1.54) is 12.3 Å². The summed E-state index contributed by atoms with van der Waals surface area (Å²) in [6.45, 7) is 0.355. The summed E-state index contributed by atoms with van der Waals surface area (Å²) >= 11 is 0. The van der Waals surface area contributed by atoms with Crippen LogP contribution >= 0.6 is 0 Å². The molecule has 6 nitrogen and oxygen atoms in total. The van der Waals surface area contributed by atoms with E-state index in [2.05, 4.69) is 10.5 Å². The highest BCUT2D eigenvalue weighted by atomic mass is 16.5. The number of para-hydroxylation sites is 1. The molecule has 0 saturated carbocycles. The molecule has 4 aromatic rings. The molecular formula is C30H24N2O4. The van der Waals surface area contributed by atoms with Gasteiger partial charge in [0.15, 0.2) is 0 Å². The minimum Gasteiger partial charge on any atom is -0.488 e. The highest BCUT2D eigenvalue weighted by Gasteiger charge is 2.11. The number of esters is 1. The molecule has 6 heteroatoms. The number of nitrogens with zero attached hydrogens (tertiary/aromatic N) is 1. The third-order valence-corrected chi connectivity index (χ3v) is 5.06. The highest BCUT2D eigenvalue weighted by Crippen LogP contribution is 2.19. The third kappa shape index (κ3) is 7.27. The maximum atomic E-state index is 12.6. The lowest BCUT2D eigenvalue weighted by Gasteiger charge is -2.10. The second-order valence-electron chi connectivity index (χ2n) is 7.70. The molecule has 0 bridgehead atoms. The van der Waals surface area contributed by atoms with Crippen molar-refractivity contribution < 1.29 is 19.1 Å². The summed E-state index contributed by atoms with van der Waals surface area (Å²) in [5.74, 6) is 0.0243. The molecule has 1 amide bonds. The number of carbonyl (C=O) groups excluding carboxylic acids is 2. The van der Waals surface area contributed by atoms with Crippen molar-refractivity contribution in [1.29, 1.82) is 0 Å². The Morgan fingerprint density at radius 3 is 2.17 bits per heavy atom. The van der Waals surface area contributed by atoms with Gasteiger partial charge in [-0.1, -0.05) is 72.8 Å². The van der Waals surface area contributed by atoms with Gasteiger partial charge < -0.3 is 9.47 Å². The summed E-state index contributed by atoms with van der Waals surface area (Å²) < 4.78 is 11.1. The fourth-order valence-corrected chi connectivity index (χ4v) is 3.24. The molecule has 0 atom stereocenters. The van der Waals surface area contributed by atoms with Crippen LogP contribution in [0.3, 0.4) is 0 Å². The van der Waals surface area contributed by atoms with Gasteiger partial charge in [0.25, 0.3) is 5.91 Å². The normalized spacial score (nSPS) is 10.9. The van der Waals surface area contributed by atoms with E-state index in [1.807, 2.05) is 66.7 Å². The Kier molecular flexibility index (Phi) is 8.38. The lowest BCUT2D eigenvalue weighted by molar-refractivity contribution is -0.128. The lowest BCUT2D eigenvalue weighted by atomic mass is 10.2. The molecule has 0 spiro atoms. The molecular weight excluding hydrogens is 452 g/mol. The highest BCUT2D eigenvalue weighted by molar-refractivity contribution is 5.97. The molecule has 4 aromatic carbocycles. The van der Waals surface area contributed by atoms with Gasteiger partial charge >= 0.3 is 5.97 Å². The molecule has 0 aliphatic carbocycles. The van der Waals surface area contributed by atoms with Gasteiger partial charge in [0.1, 0.15) is 18.1 Å². The van der Waals surface area contributed by atoms with Crippen molar-refractivity contribution in [3.05, 3.63) is 138 Å². The molecule has 178 valence electrons. The standard InChI is InChI=1S/C30H24N2O4/c33-29(20-17-23-9-3-1-4-10-23)36-26-18-15-24(16-19-26)21-31-32-30(34)27-13-7-8-14-28(27)35-22-25-11-5-2-6-12-25/h1-21H,22H2,(H,32,34)/b20-17+,31-21-. The summed E-state index contributed by atoms with van der Waals surface area (Å²) in [4.78, 5) is 24.7. The first kappa shape index (κ1) is 24.2. The maximum absolute atomic E-state index is 12.6. The molecule has 0 aliphatic heterocycles. The topological polar surface area (TPSA) is 77.0 Å². The second-order valence-corrected chi connectivity index (χ2v) is 7.70. The van der Waals surface area contributed by atoms with Gasteiger partial charge in [-0.3, -0.25) is 4.79 Å². The van der Waals surface area contributed by atoms with Crippen molar-refractivity contribution in [1.82, 2.24) is 5.43 Å². The van der Waals surface area contributed by atoms with Crippen molar-refractivity contribution in [3.63, 3.8) is 0 Å². The fraction of sp³-hybridized carbons (Fsp3) is 0.0333. The number of nitrogens with one attached hydrogen (secondary N) is 1. The Morgan fingerprint density at radius 2 is 1.42 bits per heavy atom. The quantitative estimate of drug-likeness (QED) is 0.111. The van der Waals surface area contributed by atoms with Gasteiger partial charge in [0, 0.05) is 6.08 Å². The minimum atomic E-state index is -0.472. The fourth-order valence-electron chi connectivity index (χ4n) is 3.24. The second kappa shape index (κ2) is 12.5. The SMILES string of the molecule is O=C(/C=C/c1ccccc1)Oc1ccc(/C=N\NC(=O)c2ccccc2OCc2ccccc2)cc1. The van der Waals surface area contributed by atoms with Crippen LogP contribution in [0.25, 0.3) is 6.08 Å². The molecule has 36 heavy (non-hydrogen) atoms. The van der Waals surface area contributed by atoms with Crippen molar-refractivity contribution in [2.75, 3.05) is 0 Å². The molecule has 1 N–H and O–H groups in total. The van der Waals surface area contributed by atoms with Crippen LogP contribution in [-0.2, 0) is 11.4 Å². The lowest BCUT2D eigenvalue weighted by Crippen LogP contribution is -2.18. The molecule has 0 aliphatic rings. The van der Waals surface area contributed by atoms with E-state index in [4.69, 9.17) is 9.47 Å². The Hall–Kier alpha value is -4.97. The van der Waals surface area contributed by atoms with E-state index in [0.717, 1.165) is 16.7 Å². The predicted molar refractivity (Wildman–Crippen MR) is 140 cm³/mol. The minimum absolute atomic E-state index is 0.355. The van der Waals surface area contributed by atoms with E-state index in [-0.39, 0.29) is 5.91 Å². The largest absolute Gasteiger partial charge is 0.488 e. The van der Waals surface area contributed by atoms with Gasteiger partial charge in [-0.2, -0.15) is 5.10 Å². The zero-order valence-electron chi connectivity index (χ0n) is 19.4. The van der Waals surface area contributed by atoms with Crippen LogP contribution in [0.1, 0.15) is 27.0 Å². The van der Waals surface area contributed by atoms with Crippen molar-refractivity contribution in [3.8, 4) is 11.5 Å². The summed E-state index contributed by atoms with van der Waals surface area (Å²) in [6, 6.07) is 33.0. The molecule has 0 aromatic heterocycles. The Morgan fingerprint density at radius 1 is 0.750 bits per heavy atom. The predicted octanol–water partition coefficient (Wildman–Crippen LogP) is 5.65. The van der Waals surface area contributed by atoms with Crippen molar-refractivity contribution >= 4 is 24.2 Å². The molecule has 0 unspecified atom stereocenters. The van der Waals surface area contributed by atoms with E-state index >= 15 is 0 Å². The molecule has 4 rings (SSSR count). The zero-order valence-corrected chi connectivity index (χ0v) is 19.4. The van der Waals surface area contributed by atoms with Crippen LogP contribution in [0.2, 0.25) is 0 Å². The third-order valence-electron chi connectivity index (χ3n) is 5.06. The van der Waals surface area contributed by atoms with E-state index in [1.54, 1.807) is 48.5 Å². The van der Waals surface area contributed by atoms with Gasteiger partial charge in [-0.25, -0.2) is 10.2 Å². The van der Waals surface area contributed by atoms with Crippen LogP contribution in [0, 0.1) is 0 Å². The summed E-state index contributed by atoms with van der Waals surface area (Å²) in [6.07, 6.45) is 4.57. The number of hydrogen-bond donors (Lipinski definition) is 1. The van der Waals surface area contributed by atoms with Crippen molar-refractivity contribution in [2.45, 2.75) is 6.61 Å². The van der Waals surface area contributed by atoms with Crippen molar-refractivity contribution in [2.24, 2.45) is 5.10 Å². The number of rotatable bonds is 9. The first-order chi connectivity index (χ1) is 17.7. The van der Waals surface area contributed by atoms with E-state index < -0.39 is 5.97 Å². The summed E-state index contributed by atoms with van der Waals surface area (Å²) in [5.41, 5.74) is 5.55. The van der Waals surface area contributed by atoms with Crippen LogP contribution in [0.4, 0.5) is 0 Å². The van der Waals surface area contributed by atoms with Crippen LogP contribution < -0.4 is 14.9 Å². The molecule has 0 radical (unpaired) electrons. The first-order valence-electron chi connectivity index (χ1n) is 11.3. The Balaban J connectivity index is 1.29. The van der Waals surface area contributed by atoms with Crippen LogP contribution in [-0.4, -0.2) is 18.1 Å². The van der Waals surface area contributed by atoms with Crippen LogP contribution in [0.15, 0.2) is 120 Å². The van der Waals surface area contributed by atoms with Gasteiger partial charge in [0.2, 0.25) is 0 Å². The van der Waals surface area contributed by atoms with Gasteiger partial charge in [0.05, 0.1) is 11.8 Å². The number of amides is 1. The van der Waals surface area contributed by atoms with E-state index in [9.17, 15) is 9.59 Å². The Bertz CT molecular complexity index is 1350. The van der Waals surface area contributed by atoms with Crippen LogP contribution in [0.5, 0.6) is 11.5 Å². The number of benzene rings is 4. The number of hydrazone groups is 1. The molecule has 0 heterocycles. The maximum Gasteiger partial charge on any atom is 0.336 e. The average Bonchev–Trinajstić information content (AvgIpc) is 2.93. The monoisotopic (exact) mass is 476 g/mol. The molecule has 0 fully saturated rings. The number of ether oxygens (including phenoxy) is 2. The zero-order chi connectivity index (χ0) is 25.0.